The smallest absolute Gasteiger partial charge is 0.243 e. The van der Waals surface area contributed by atoms with E-state index >= 15 is 0 Å². The first-order valence-corrected chi connectivity index (χ1v) is 10.4. The summed E-state index contributed by atoms with van der Waals surface area (Å²) in [5, 5.41) is 8.79. The van der Waals surface area contributed by atoms with Crippen LogP contribution >= 0.6 is 0 Å². The lowest BCUT2D eigenvalue weighted by Gasteiger charge is -2.20. The molecule has 1 aliphatic rings. The molecule has 3 N–H and O–H groups in total. The topological polar surface area (TPSA) is 84.0 Å². The first-order valence-electron chi connectivity index (χ1n) is 10.4. The van der Waals surface area contributed by atoms with Crippen LogP contribution in [0, 0.1) is 5.82 Å². The van der Waals surface area contributed by atoms with Crippen molar-refractivity contribution < 1.29 is 18.7 Å². The normalized spacial score (nSPS) is 14.2. The number of hydrogen-bond donors (Lipinski definition) is 3. The molecule has 0 radical (unpaired) electrons. The summed E-state index contributed by atoms with van der Waals surface area (Å²) in [4.78, 5) is 16.3. The number of anilines is 1. The van der Waals surface area contributed by atoms with Gasteiger partial charge in [-0.15, -0.1) is 0 Å². The number of aliphatic imine (C=N–C) groups is 1. The van der Waals surface area contributed by atoms with Gasteiger partial charge in [0.25, 0.3) is 0 Å². The van der Waals surface area contributed by atoms with Crippen molar-refractivity contribution in [2.75, 3.05) is 26.0 Å². The molecule has 0 aromatic heterocycles. The molecule has 0 spiro atoms. The highest BCUT2D eigenvalue weighted by molar-refractivity contribution is 5.94. The Balaban J connectivity index is 1.55. The third-order valence-electron chi connectivity index (χ3n) is 5.06. The van der Waals surface area contributed by atoms with E-state index in [-0.39, 0.29) is 18.6 Å². The molecule has 3 rings (SSSR count). The summed E-state index contributed by atoms with van der Waals surface area (Å²) < 4.78 is 25.0. The minimum atomic E-state index is -0.405. The molecule has 0 atom stereocenters. The average Bonchev–Trinajstić information content (AvgIpc) is 3.28. The number of carbonyl (C=O) groups is 1. The summed E-state index contributed by atoms with van der Waals surface area (Å²) in [5.74, 6) is 1.19. The van der Waals surface area contributed by atoms with Crippen LogP contribution in [0.3, 0.4) is 0 Å². The summed E-state index contributed by atoms with van der Waals surface area (Å²) in [7, 11) is 3.26. The summed E-state index contributed by atoms with van der Waals surface area (Å²) in [6.07, 6.45) is 4.67. The first-order chi connectivity index (χ1) is 15.1. The summed E-state index contributed by atoms with van der Waals surface area (Å²) in [6, 6.07) is 11.5. The number of nitrogens with one attached hydrogen (secondary N) is 3. The van der Waals surface area contributed by atoms with Crippen LogP contribution in [0.15, 0.2) is 47.5 Å². The number of ether oxygens (including phenoxy) is 2. The third-order valence-corrected chi connectivity index (χ3v) is 5.06. The number of nitrogens with zero attached hydrogens (tertiary/aromatic N) is 1. The van der Waals surface area contributed by atoms with Crippen molar-refractivity contribution in [1.82, 2.24) is 10.6 Å². The molecule has 2 aromatic carbocycles. The Morgan fingerprint density at radius 3 is 2.65 bits per heavy atom. The van der Waals surface area contributed by atoms with Crippen molar-refractivity contribution in [2.45, 2.75) is 38.3 Å². The molecule has 31 heavy (non-hydrogen) atoms. The van der Waals surface area contributed by atoms with Gasteiger partial charge in [0, 0.05) is 24.8 Å². The predicted molar refractivity (Wildman–Crippen MR) is 119 cm³/mol. The van der Waals surface area contributed by atoms with Crippen molar-refractivity contribution in [1.29, 1.82) is 0 Å². The van der Waals surface area contributed by atoms with Gasteiger partial charge in [-0.25, -0.2) is 4.39 Å². The van der Waals surface area contributed by atoms with E-state index in [4.69, 9.17) is 9.47 Å². The van der Waals surface area contributed by atoms with Gasteiger partial charge in [0.2, 0.25) is 5.91 Å². The Hall–Kier alpha value is -3.29. The zero-order chi connectivity index (χ0) is 22.1. The van der Waals surface area contributed by atoms with Crippen molar-refractivity contribution in [3.63, 3.8) is 0 Å². The van der Waals surface area contributed by atoms with Gasteiger partial charge in [0.15, 0.2) is 17.5 Å². The van der Waals surface area contributed by atoms with Crippen molar-refractivity contribution in [3.05, 3.63) is 53.8 Å². The van der Waals surface area contributed by atoms with Crippen LogP contribution in [-0.2, 0) is 11.3 Å². The number of amides is 1. The molecule has 2 aromatic rings. The largest absolute Gasteiger partial charge is 0.493 e. The van der Waals surface area contributed by atoms with E-state index in [9.17, 15) is 9.18 Å². The Bertz CT molecular complexity index is 913. The second-order valence-electron chi connectivity index (χ2n) is 7.31. The quantitative estimate of drug-likeness (QED) is 0.443. The van der Waals surface area contributed by atoms with Crippen LogP contribution in [0.25, 0.3) is 0 Å². The molecular formula is C23H29FN4O3. The van der Waals surface area contributed by atoms with Crippen LogP contribution in [-0.4, -0.2) is 38.7 Å². The fraction of sp³-hybridized carbons (Fsp3) is 0.391. The Kier molecular flexibility index (Phi) is 8.09. The van der Waals surface area contributed by atoms with E-state index in [1.54, 1.807) is 20.2 Å². The second kappa shape index (κ2) is 11.2. The fourth-order valence-electron chi connectivity index (χ4n) is 3.50. The molecule has 166 valence electrons. The molecule has 8 heteroatoms. The molecule has 1 fully saturated rings. The van der Waals surface area contributed by atoms with Crippen molar-refractivity contribution >= 4 is 17.6 Å². The van der Waals surface area contributed by atoms with E-state index in [1.165, 1.54) is 31.0 Å². The maximum absolute atomic E-state index is 13.2. The molecule has 0 unspecified atom stereocenters. The van der Waals surface area contributed by atoms with Gasteiger partial charge in [-0.1, -0.05) is 18.2 Å². The van der Waals surface area contributed by atoms with E-state index < -0.39 is 5.82 Å². The molecule has 0 heterocycles. The van der Waals surface area contributed by atoms with E-state index in [1.807, 2.05) is 18.2 Å². The lowest BCUT2D eigenvalue weighted by Crippen LogP contribution is -2.41. The highest BCUT2D eigenvalue weighted by atomic mass is 19.1. The van der Waals surface area contributed by atoms with Crippen LogP contribution in [0.1, 0.15) is 31.2 Å². The number of rotatable bonds is 8. The average molecular weight is 429 g/mol. The van der Waals surface area contributed by atoms with Crippen LogP contribution in [0.5, 0.6) is 11.5 Å². The van der Waals surface area contributed by atoms with Gasteiger partial charge in [-0.2, -0.15) is 0 Å². The number of para-hydroxylation sites is 1. The zero-order valence-corrected chi connectivity index (χ0v) is 17.9. The molecular weight excluding hydrogens is 399 g/mol. The summed E-state index contributed by atoms with van der Waals surface area (Å²) in [5.41, 5.74) is 1.35. The van der Waals surface area contributed by atoms with Gasteiger partial charge in [0.05, 0.1) is 19.8 Å². The van der Waals surface area contributed by atoms with Gasteiger partial charge in [-0.3, -0.25) is 9.79 Å². The predicted octanol–water partition coefficient (Wildman–Crippen LogP) is 3.46. The molecule has 1 aliphatic carbocycles. The van der Waals surface area contributed by atoms with Gasteiger partial charge in [0.1, 0.15) is 5.82 Å². The maximum atomic E-state index is 13.2. The molecule has 0 bridgehead atoms. The number of guanidine groups is 1. The van der Waals surface area contributed by atoms with Gasteiger partial charge >= 0.3 is 0 Å². The van der Waals surface area contributed by atoms with Crippen LogP contribution < -0.4 is 25.4 Å². The van der Waals surface area contributed by atoms with Crippen molar-refractivity contribution in [2.24, 2.45) is 4.99 Å². The third kappa shape index (κ3) is 6.60. The number of methoxy groups -OCH3 is 1. The highest BCUT2D eigenvalue weighted by Crippen LogP contribution is 2.34. The monoisotopic (exact) mass is 428 g/mol. The molecule has 1 amide bonds. The number of benzene rings is 2. The minimum Gasteiger partial charge on any atom is -0.493 e. The van der Waals surface area contributed by atoms with E-state index in [2.05, 4.69) is 20.9 Å². The molecule has 7 nitrogen and oxygen atoms in total. The summed E-state index contributed by atoms with van der Waals surface area (Å²) in [6.45, 7) is 0.435. The number of carbonyl (C=O) groups excluding carboxylic acids is 1. The minimum absolute atomic E-state index is 0.0142. The van der Waals surface area contributed by atoms with Crippen LogP contribution in [0.4, 0.5) is 10.1 Å². The standard InChI is InChI=1S/C23H29FN4O3/c1-25-23(27-15-21(29)28-18-9-6-8-17(24)13-18)26-14-16-7-5-12-20(30-2)22(16)31-19-10-3-4-11-19/h5-9,12-13,19H,3-4,10-11,14-15H2,1-2H3,(H,28,29)(H2,25,26,27). The highest BCUT2D eigenvalue weighted by Gasteiger charge is 2.20. The van der Waals surface area contributed by atoms with Crippen LogP contribution in [0.2, 0.25) is 0 Å². The van der Waals surface area contributed by atoms with Gasteiger partial charge < -0.3 is 25.4 Å². The fourth-order valence-corrected chi connectivity index (χ4v) is 3.50. The maximum Gasteiger partial charge on any atom is 0.243 e. The first kappa shape index (κ1) is 22.4. The Labute approximate surface area is 182 Å². The van der Waals surface area contributed by atoms with E-state index in [0.29, 0.717) is 23.9 Å². The lowest BCUT2D eigenvalue weighted by molar-refractivity contribution is -0.115. The van der Waals surface area contributed by atoms with E-state index in [0.717, 1.165) is 24.2 Å². The zero-order valence-electron chi connectivity index (χ0n) is 17.9. The second-order valence-corrected chi connectivity index (χ2v) is 7.31. The molecule has 0 saturated heterocycles. The Morgan fingerprint density at radius 2 is 1.94 bits per heavy atom. The Morgan fingerprint density at radius 1 is 1.16 bits per heavy atom. The lowest BCUT2D eigenvalue weighted by atomic mass is 10.1. The SMILES string of the molecule is CN=C(NCC(=O)Nc1cccc(F)c1)NCc1cccc(OC)c1OC1CCCC1. The molecule has 0 aliphatic heterocycles. The number of halogens is 1. The van der Waals surface area contributed by atoms with Gasteiger partial charge in [-0.05, 0) is 49.9 Å². The molecule has 1 saturated carbocycles. The van der Waals surface area contributed by atoms with Crippen molar-refractivity contribution in [3.8, 4) is 11.5 Å². The summed E-state index contributed by atoms with van der Waals surface area (Å²) >= 11 is 0. The number of hydrogen-bond acceptors (Lipinski definition) is 4.